The van der Waals surface area contributed by atoms with Gasteiger partial charge in [-0.1, -0.05) is 6.07 Å². The zero-order chi connectivity index (χ0) is 11.5. The van der Waals surface area contributed by atoms with Crippen molar-refractivity contribution in [3.63, 3.8) is 0 Å². The van der Waals surface area contributed by atoms with Crippen LogP contribution >= 0.6 is 0 Å². The second-order valence-electron chi connectivity index (χ2n) is 3.45. The predicted molar refractivity (Wildman–Crippen MR) is 57.8 cm³/mol. The van der Waals surface area contributed by atoms with Gasteiger partial charge in [-0.15, -0.1) is 0 Å². The Labute approximate surface area is 91.7 Å². The minimum Gasteiger partial charge on any atom is -0.398 e. The van der Waals surface area contributed by atoms with Crippen LogP contribution in [0.15, 0.2) is 36.7 Å². The van der Waals surface area contributed by atoms with Gasteiger partial charge < -0.3 is 5.73 Å². The van der Waals surface area contributed by atoms with Crippen LogP contribution < -0.4 is 5.73 Å². The summed E-state index contributed by atoms with van der Waals surface area (Å²) in [4.78, 5) is 3.88. The van der Waals surface area contributed by atoms with E-state index in [4.69, 9.17) is 5.73 Å². The van der Waals surface area contributed by atoms with E-state index in [1.54, 1.807) is 6.07 Å². The first kappa shape index (κ1) is 10.5. The van der Waals surface area contributed by atoms with Crippen molar-refractivity contribution in [2.75, 3.05) is 5.73 Å². The van der Waals surface area contributed by atoms with Crippen LogP contribution in [0.3, 0.4) is 0 Å². The van der Waals surface area contributed by atoms with Crippen molar-refractivity contribution in [1.29, 1.82) is 0 Å². The molecule has 0 saturated heterocycles. The second kappa shape index (κ2) is 4.26. The van der Waals surface area contributed by atoms with Crippen LogP contribution in [0.5, 0.6) is 0 Å². The van der Waals surface area contributed by atoms with E-state index in [9.17, 15) is 8.78 Å². The molecule has 2 N–H and O–H groups in total. The summed E-state index contributed by atoms with van der Waals surface area (Å²) in [6.45, 7) is 0. The molecule has 0 unspecified atom stereocenters. The molecule has 0 spiro atoms. The molecule has 0 aliphatic heterocycles. The number of pyridine rings is 1. The highest BCUT2D eigenvalue weighted by Crippen LogP contribution is 2.19. The molecule has 2 aromatic rings. The Bertz CT molecular complexity index is 492. The minimum absolute atomic E-state index is 0.0159. The molecule has 1 heterocycles. The number of rotatable bonds is 2. The van der Waals surface area contributed by atoms with Gasteiger partial charge in [-0.05, 0) is 23.8 Å². The van der Waals surface area contributed by atoms with Gasteiger partial charge in [-0.2, -0.15) is 0 Å². The average Bonchev–Trinajstić information content (AvgIpc) is 2.26. The molecule has 0 atom stereocenters. The fraction of sp³-hybridized carbons (Fsp3) is 0.0833. The summed E-state index contributed by atoms with van der Waals surface area (Å²) in [7, 11) is 0. The highest BCUT2D eigenvalue weighted by molar-refractivity contribution is 5.46. The largest absolute Gasteiger partial charge is 0.398 e. The molecule has 0 saturated carbocycles. The van der Waals surface area contributed by atoms with Crippen molar-refractivity contribution in [2.24, 2.45) is 0 Å². The van der Waals surface area contributed by atoms with Gasteiger partial charge in [0, 0.05) is 30.1 Å². The SMILES string of the molecule is Nc1ccncc1Cc1c(F)cccc1F. The van der Waals surface area contributed by atoms with Crippen molar-refractivity contribution < 1.29 is 8.78 Å². The van der Waals surface area contributed by atoms with Gasteiger partial charge in [-0.25, -0.2) is 8.78 Å². The molecule has 16 heavy (non-hydrogen) atoms. The Morgan fingerprint density at radius 3 is 2.44 bits per heavy atom. The molecule has 0 radical (unpaired) electrons. The van der Waals surface area contributed by atoms with Gasteiger partial charge in [0.25, 0.3) is 0 Å². The van der Waals surface area contributed by atoms with E-state index in [0.717, 1.165) is 0 Å². The summed E-state index contributed by atoms with van der Waals surface area (Å²) < 4.78 is 26.7. The first-order chi connectivity index (χ1) is 7.68. The van der Waals surface area contributed by atoms with Crippen LogP contribution in [0.2, 0.25) is 0 Å². The van der Waals surface area contributed by atoms with E-state index in [1.165, 1.54) is 30.6 Å². The summed E-state index contributed by atoms with van der Waals surface area (Å²) in [6, 6.07) is 5.39. The fourth-order valence-electron chi connectivity index (χ4n) is 1.48. The first-order valence-corrected chi connectivity index (χ1v) is 4.79. The number of hydrogen-bond donors (Lipinski definition) is 1. The van der Waals surface area contributed by atoms with Gasteiger partial charge in [0.15, 0.2) is 0 Å². The number of hydrogen-bond acceptors (Lipinski definition) is 2. The molecule has 1 aromatic heterocycles. The molecule has 2 rings (SSSR count). The summed E-state index contributed by atoms with van der Waals surface area (Å²) in [5, 5.41) is 0. The van der Waals surface area contributed by atoms with Crippen LogP contribution in [-0.2, 0) is 6.42 Å². The topological polar surface area (TPSA) is 38.9 Å². The maximum atomic E-state index is 13.4. The van der Waals surface area contributed by atoms with Gasteiger partial charge in [0.2, 0.25) is 0 Å². The molecule has 4 heteroatoms. The molecule has 0 fully saturated rings. The molecule has 82 valence electrons. The number of anilines is 1. The number of benzene rings is 1. The maximum Gasteiger partial charge on any atom is 0.129 e. The minimum atomic E-state index is -0.566. The summed E-state index contributed by atoms with van der Waals surface area (Å²) in [5.74, 6) is -1.13. The smallest absolute Gasteiger partial charge is 0.129 e. The zero-order valence-electron chi connectivity index (χ0n) is 8.45. The molecule has 0 aliphatic rings. The summed E-state index contributed by atoms with van der Waals surface area (Å²) in [6.07, 6.45) is 3.16. The van der Waals surface area contributed by atoms with Crippen molar-refractivity contribution in [2.45, 2.75) is 6.42 Å². The molecule has 0 amide bonds. The van der Waals surface area contributed by atoms with Gasteiger partial charge >= 0.3 is 0 Å². The van der Waals surface area contributed by atoms with Crippen LogP contribution in [-0.4, -0.2) is 4.98 Å². The highest BCUT2D eigenvalue weighted by atomic mass is 19.1. The standard InChI is InChI=1S/C12H10F2N2/c13-10-2-1-3-11(14)9(10)6-8-7-16-5-4-12(8)15/h1-5,7H,6H2,(H2,15,16). The Balaban J connectivity index is 2.38. The monoisotopic (exact) mass is 220 g/mol. The van der Waals surface area contributed by atoms with Crippen molar-refractivity contribution >= 4 is 5.69 Å². The van der Waals surface area contributed by atoms with E-state index < -0.39 is 11.6 Å². The van der Waals surface area contributed by atoms with Gasteiger partial charge in [-0.3, -0.25) is 4.98 Å². The number of nitrogens with zero attached hydrogens (tertiary/aromatic N) is 1. The van der Waals surface area contributed by atoms with Crippen molar-refractivity contribution in [1.82, 2.24) is 4.98 Å². The lowest BCUT2D eigenvalue weighted by Crippen LogP contribution is -2.00. The van der Waals surface area contributed by atoms with Crippen molar-refractivity contribution in [3.8, 4) is 0 Å². The molecule has 2 nitrogen and oxygen atoms in total. The van der Waals surface area contributed by atoms with Crippen LogP contribution in [0, 0.1) is 11.6 Å². The molecule has 1 aromatic carbocycles. The molecule has 0 aliphatic carbocycles. The molecular weight excluding hydrogens is 210 g/mol. The Morgan fingerprint density at radius 1 is 1.12 bits per heavy atom. The van der Waals surface area contributed by atoms with E-state index in [2.05, 4.69) is 4.98 Å². The quantitative estimate of drug-likeness (QED) is 0.844. The van der Waals surface area contributed by atoms with E-state index in [1.807, 2.05) is 0 Å². The Morgan fingerprint density at radius 2 is 1.81 bits per heavy atom. The predicted octanol–water partition coefficient (Wildman–Crippen LogP) is 2.53. The molecular formula is C12H10F2N2. The third-order valence-electron chi connectivity index (χ3n) is 2.37. The lowest BCUT2D eigenvalue weighted by molar-refractivity contribution is 0.561. The number of nitrogens with two attached hydrogens (primary N) is 1. The number of aromatic nitrogens is 1. The first-order valence-electron chi connectivity index (χ1n) is 4.79. The van der Waals surface area contributed by atoms with E-state index >= 15 is 0 Å². The maximum absolute atomic E-state index is 13.4. The lowest BCUT2D eigenvalue weighted by atomic mass is 10.0. The van der Waals surface area contributed by atoms with Gasteiger partial charge in [0.05, 0.1) is 0 Å². The third-order valence-corrected chi connectivity index (χ3v) is 2.37. The zero-order valence-corrected chi connectivity index (χ0v) is 8.45. The van der Waals surface area contributed by atoms with Gasteiger partial charge in [0.1, 0.15) is 11.6 Å². The third kappa shape index (κ3) is 2.00. The van der Waals surface area contributed by atoms with Crippen LogP contribution in [0.1, 0.15) is 11.1 Å². The summed E-state index contributed by atoms with van der Waals surface area (Å²) in [5.41, 5.74) is 6.80. The summed E-state index contributed by atoms with van der Waals surface area (Å²) >= 11 is 0. The fourth-order valence-corrected chi connectivity index (χ4v) is 1.48. The lowest BCUT2D eigenvalue weighted by Gasteiger charge is -2.06. The average molecular weight is 220 g/mol. The van der Waals surface area contributed by atoms with E-state index in [-0.39, 0.29) is 12.0 Å². The number of nitrogen functional groups attached to an aromatic ring is 1. The Hall–Kier alpha value is -1.97. The normalized spacial score (nSPS) is 10.4. The van der Waals surface area contributed by atoms with Crippen molar-refractivity contribution in [3.05, 3.63) is 59.4 Å². The molecule has 0 bridgehead atoms. The Kier molecular flexibility index (Phi) is 2.81. The number of halogens is 2. The second-order valence-corrected chi connectivity index (χ2v) is 3.45. The van der Waals surface area contributed by atoms with E-state index in [0.29, 0.717) is 11.3 Å². The highest BCUT2D eigenvalue weighted by Gasteiger charge is 2.10. The van der Waals surface area contributed by atoms with Crippen LogP contribution in [0.25, 0.3) is 0 Å². The van der Waals surface area contributed by atoms with Crippen LogP contribution in [0.4, 0.5) is 14.5 Å².